The first-order valence-corrected chi connectivity index (χ1v) is 10.2. The number of fused-ring (bicyclic) bond motifs is 2. The topological polar surface area (TPSA) is 81.9 Å². The summed E-state index contributed by atoms with van der Waals surface area (Å²) >= 11 is 3.42. The van der Waals surface area contributed by atoms with E-state index in [2.05, 4.69) is 41.2 Å². The van der Waals surface area contributed by atoms with Crippen LogP contribution in [-0.2, 0) is 0 Å². The molecule has 0 radical (unpaired) electrons. The number of nitrogens with zero attached hydrogens (tertiary/aromatic N) is 3. The fourth-order valence-corrected chi connectivity index (χ4v) is 3.58. The molecule has 7 nitrogen and oxygen atoms in total. The first-order valence-electron chi connectivity index (χ1n) is 9.41. The lowest BCUT2D eigenvalue weighted by atomic mass is 10.2. The Balaban J connectivity index is 1.41. The molecular formula is C22H19BrN6O. The van der Waals surface area contributed by atoms with Gasteiger partial charge in [0, 0.05) is 38.1 Å². The van der Waals surface area contributed by atoms with E-state index in [9.17, 15) is 0 Å². The molecule has 0 unspecified atom stereocenters. The SMILES string of the molecule is CN(C)c1cccc(Oc2ccc3nc(Nc4c[nH]c5ccc(Br)nc45)[nH]c3c2)c1. The number of hydrogen-bond acceptors (Lipinski definition) is 5. The minimum absolute atomic E-state index is 0.638. The number of nitrogens with one attached hydrogen (secondary N) is 3. The Labute approximate surface area is 181 Å². The number of aromatic amines is 2. The Hall–Kier alpha value is -3.52. The van der Waals surface area contributed by atoms with Crippen molar-refractivity contribution in [1.82, 2.24) is 19.9 Å². The summed E-state index contributed by atoms with van der Waals surface area (Å²) in [6, 6.07) is 17.7. The van der Waals surface area contributed by atoms with E-state index in [1.54, 1.807) is 0 Å². The summed E-state index contributed by atoms with van der Waals surface area (Å²) in [5, 5.41) is 3.31. The van der Waals surface area contributed by atoms with Gasteiger partial charge in [0.05, 0.1) is 22.2 Å². The molecule has 0 amide bonds. The summed E-state index contributed by atoms with van der Waals surface area (Å²) in [4.78, 5) is 17.7. The Morgan fingerprint density at radius 3 is 2.70 bits per heavy atom. The molecule has 0 saturated heterocycles. The smallest absolute Gasteiger partial charge is 0.205 e. The third kappa shape index (κ3) is 3.57. The summed E-state index contributed by atoms with van der Waals surface area (Å²) in [6.45, 7) is 0. The largest absolute Gasteiger partial charge is 0.457 e. The molecule has 30 heavy (non-hydrogen) atoms. The number of pyridine rings is 1. The van der Waals surface area contributed by atoms with Gasteiger partial charge in [-0.2, -0.15) is 0 Å². The summed E-state index contributed by atoms with van der Waals surface area (Å²) in [6.07, 6.45) is 1.88. The molecule has 0 spiro atoms. The number of H-pyrrole nitrogens is 2. The van der Waals surface area contributed by atoms with Crippen molar-refractivity contribution in [1.29, 1.82) is 0 Å². The maximum Gasteiger partial charge on any atom is 0.205 e. The van der Waals surface area contributed by atoms with E-state index in [4.69, 9.17) is 4.74 Å². The average Bonchev–Trinajstić information content (AvgIpc) is 3.31. The molecule has 0 fully saturated rings. The summed E-state index contributed by atoms with van der Waals surface area (Å²) in [7, 11) is 4.01. The lowest BCUT2D eigenvalue weighted by molar-refractivity contribution is 0.483. The quantitative estimate of drug-likeness (QED) is 0.287. The van der Waals surface area contributed by atoms with E-state index in [-0.39, 0.29) is 0 Å². The van der Waals surface area contributed by atoms with Crippen LogP contribution in [0.2, 0.25) is 0 Å². The van der Waals surface area contributed by atoms with Crippen LogP contribution in [0.5, 0.6) is 11.5 Å². The Bertz CT molecular complexity index is 1360. The van der Waals surface area contributed by atoms with Crippen LogP contribution in [-0.4, -0.2) is 34.0 Å². The Morgan fingerprint density at radius 1 is 0.967 bits per heavy atom. The maximum absolute atomic E-state index is 6.05. The van der Waals surface area contributed by atoms with Crippen LogP contribution in [0.3, 0.4) is 0 Å². The van der Waals surface area contributed by atoms with E-state index in [1.807, 2.05) is 79.8 Å². The minimum Gasteiger partial charge on any atom is -0.457 e. The number of hydrogen-bond donors (Lipinski definition) is 3. The van der Waals surface area contributed by atoms with E-state index in [1.165, 1.54) is 0 Å². The molecule has 3 aromatic heterocycles. The number of anilines is 3. The Kier molecular flexibility index (Phi) is 4.55. The molecule has 0 bridgehead atoms. The molecule has 3 heterocycles. The van der Waals surface area contributed by atoms with Crippen LogP contribution < -0.4 is 15.0 Å². The van der Waals surface area contributed by atoms with Gasteiger partial charge in [-0.25, -0.2) is 9.97 Å². The number of benzene rings is 2. The van der Waals surface area contributed by atoms with Crippen LogP contribution >= 0.6 is 15.9 Å². The van der Waals surface area contributed by atoms with E-state index in [0.717, 1.165) is 49.5 Å². The second-order valence-electron chi connectivity index (χ2n) is 7.12. The van der Waals surface area contributed by atoms with Gasteiger partial charge in [0.1, 0.15) is 21.6 Å². The van der Waals surface area contributed by atoms with Crippen molar-refractivity contribution in [2.45, 2.75) is 0 Å². The van der Waals surface area contributed by atoms with E-state index >= 15 is 0 Å². The summed E-state index contributed by atoms with van der Waals surface area (Å²) < 4.78 is 6.83. The van der Waals surface area contributed by atoms with Gasteiger partial charge < -0.3 is 24.9 Å². The lowest BCUT2D eigenvalue weighted by Crippen LogP contribution is -2.08. The summed E-state index contributed by atoms with van der Waals surface area (Å²) in [5.41, 5.74) is 5.46. The van der Waals surface area contributed by atoms with Crippen LogP contribution in [0.1, 0.15) is 0 Å². The van der Waals surface area contributed by atoms with E-state index < -0.39 is 0 Å². The second-order valence-corrected chi connectivity index (χ2v) is 7.93. The highest BCUT2D eigenvalue weighted by Crippen LogP contribution is 2.29. The van der Waals surface area contributed by atoms with Crippen molar-refractivity contribution in [2.24, 2.45) is 0 Å². The molecule has 0 aliphatic carbocycles. The van der Waals surface area contributed by atoms with Crippen LogP contribution in [0.15, 0.2) is 65.4 Å². The highest BCUT2D eigenvalue weighted by atomic mass is 79.9. The van der Waals surface area contributed by atoms with Gasteiger partial charge >= 0.3 is 0 Å². The zero-order valence-corrected chi connectivity index (χ0v) is 18.0. The molecule has 5 rings (SSSR count). The number of rotatable bonds is 5. The highest BCUT2D eigenvalue weighted by molar-refractivity contribution is 9.10. The van der Waals surface area contributed by atoms with Crippen molar-refractivity contribution in [3.63, 3.8) is 0 Å². The zero-order chi connectivity index (χ0) is 20.7. The van der Waals surface area contributed by atoms with Gasteiger partial charge in [-0.05, 0) is 52.3 Å². The van der Waals surface area contributed by atoms with Gasteiger partial charge in [0.15, 0.2) is 0 Å². The van der Waals surface area contributed by atoms with Gasteiger partial charge in [0.25, 0.3) is 0 Å². The number of ether oxygens (including phenoxy) is 1. The third-order valence-electron chi connectivity index (χ3n) is 4.76. The Morgan fingerprint density at radius 2 is 1.83 bits per heavy atom. The third-order valence-corrected chi connectivity index (χ3v) is 5.21. The van der Waals surface area contributed by atoms with Gasteiger partial charge in [0.2, 0.25) is 5.95 Å². The van der Waals surface area contributed by atoms with Gasteiger partial charge in [-0.1, -0.05) is 6.07 Å². The molecule has 3 N–H and O–H groups in total. The number of halogens is 1. The second kappa shape index (κ2) is 7.38. The van der Waals surface area contributed by atoms with Crippen LogP contribution in [0.4, 0.5) is 17.3 Å². The maximum atomic E-state index is 6.05. The molecule has 0 atom stereocenters. The average molecular weight is 463 g/mol. The predicted molar refractivity (Wildman–Crippen MR) is 124 cm³/mol. The van der Waals surface area contributed by atoms with Crippen molar-refractivity contribution < 1.29 is 4.74 Å². The molecule has 5 aromatic rings. The van der Waals surface area contributed by atoms with Gasteiger partial charge in [-0.15, -0.1) is 0 Å². The number of imidazole rings is 1. The van der Waals surface area contributed by atoms with E-state index in [0.29, 0.717) is 5.95 Å². The van der Waals surface area contributed by atoms with Crippen molar-refractivity contribution in [2.75, 3.05) is 24.3 Å². The van der Waals surface area contributed by atoms with Crippen molar-refractivity contribution in [3.8, 4) is 11.5 Å². The van der Waals surface area contributed by atoms with Gasteiger partial charge in [-0.3, -0.25) is 0 Å². The monoisotopic (exact) mass is 462 g/mol. The highest BCUT2D eigenvalue weighted by Gasteiger charge is 2.10. The van der Waals surface area contributed by atoms with Crippen LogP contribution in [0.25, 0.3) is 22.1 Å². The fourth-order valence-electron chi connectivity index (χ4n) is 3.27. The molecular weight excluding hydrogens is 444 g/mol. The lowest BCUT2D eigenvalue weighted by Gasteiger charge is -2.13. The molecule has 2 aromatic carbocycles. The fraction of sp³-hybridized carbons (Fsp3) is 0.0909. The molecule has 150 valence electrons. The normalized spacial score (nSPS) is 11.2. The zero-order valence-electron chi connectivity index (χ0n) is 16.4. The molecule has 0 aliphatic heterocycles. The predicted octanol–water partition coefficient (Wildman–Crippen LogP) is 5.80. The first kappa shape index (κ1) is 18.5. The number of aromatic nitrogens is 4. The standard InChI is InChI=1S/C22H19BrN6O/c1-29(2)13-4-3-5-14(10-13)30-15-6-7-16-18(11-15)26-22(25-16)27-19-12-24-17-8-9-20(23)28-21(17)19/h3-12,24H,1-2H3,(H2,25,26,27). The van der Waals surface area contributed by atoms with Crippen LogP contribution in [0, 0.1) is 0 Å². The van der Waals surface area contributed by atoms with Crippen molar-refractivity contribution in [3.05, 3.63) is 65.4 Å². The molecule has 0 saturated carbocycles. The molecule has 0 aliphatic rings. The first-order chi connectivity index (χ1) is 14.5. The van der Waals surface area contributed by atoms with Crippen molar-refractivity contribution >= 4 is 55.3 Å². The minimum atomic E-state index is 0.638. The molecule has 8 heteroatoms. The summed E-state index contributed by atoms with van der Waals surface area (Å²) in [5.74, 6) is 2.17.